The van der Waals surface area contributed by atoms with E-state index in [1.54, 1.807) is 25.3 Å². The van der Waals surface area contributed by atoms with Crippen LogP contribution in [0.15, 0.2) is 18.2 Å². The van der Waals surface area contributed by atoms with Crippen LogP contribution in [0.3, 0.4) is 0 Å². The maximum atomic E-state index is 10.6. The number of carbonyl (C=O) groups is 1. The lowest BCUT2D eigenvalue weighted by molar-refractivity contribution is -0.137. The van der Waals surface area contributed by atoms with Gasteiger partial charge in [-0.2, -0.15) is 5.26 Å². The van der Waals surface area contributed by atoms with E-state index >= 15 is 0 Å². The van der Waals surface area contributed by atoms with E-state index < -0.39 is 11.5 Å². The second-order valence-electron chi connectivity index (χ2n) is 4.93. The first-order valence-corrected chi connectivity index (χ1v) is 5.96. The minimum Gasteiger partial charge on any atom is -0.497 e. The molecule has 5 nitrogen and oxygen atoms in total. The number of nitrogens with one attached hydrogen (secondary N) is 1. The molecule has 0 amide bonds. The SMILES string of the molecule is COc1ccc(C#N)c(NC(C)(C)CCC(=O)O)c1. The molecule has 0 aromatic heterocycles. The Bertz CT molecular complexity index is 504. The van der Waals surface area contributed by atoms with E-state index in [1.807, 2.05) is 13.8 Å². The van der Waals surface area contributed by atoms with Gasteiger partial charge in [-0.25, -0.2) is 0 Å². The summed E-state index contributed by atoms with van der Waals surface area (Å²) in [6, 6.07) is 7.23. The highest BCUT2D eigenvalue weighted by Crippen LogP contribution is 2.26. The number of rotatable bonds is 6. The molecule has 0 aliphatic rings. The zero-order valence-electron chi connectivity index (χ0n) is 11.4. The van der Waals surface area contributed by atoms with Crippen LogP contribution in [-0.2, 0) is 4.79 Å². The number of hydrogen-bond donors (Lipinski definition) is 2. The maximum absolute atomic E-state index is 10.6. The minimum atomic E-state index is -0.832. The Morgan fingerprint density at radius 3 is 2.74 bits per heavy atom. The number of hydrogen-bond acceptors (Lipinski definition) is 4. The first-order valence-electron chi connectivity index (χ1n) is 5.96. The summed E-state index contributed by atoms with van der Waals surface area (Å²) in [6.45, 7) is 3.80. The van der Waals surface area contributed by atoms with Crippen LogP contribution in [-0.4, -0.2) is 23.7 Å². The molecule has 1 rings (SSSR count). The molecule has 0 aliphatic heterocycles. The number of anilines is 1. The Labute approximate surface area is 112 Å². The van der Waals surface area contributed by atoms with Crippen molar-refractivity contribution >= 4 is 11.7 Å². The van der Waals surface area contributed by atoms with E-state index in [-0.39, 0.29) is 6.42 Å². The van der Waals surface area contributed by atoms with E-state index in [9.17, 15) is 4.79 Å². The van der Waals surface area contributed by atoms with E-state index in [2.05, 4.69) is 11.4 Å². The number of benzene rings is 1. The van der Waals surface area contributed by atoms with Gasteiger partial charge in [0.25, 0.3) is 0 Å². The van der Waals surface area contributed by atoms with Crippen LogP contribution in [0.25, 0.3) is 0 Å². The van der Waals surface area contributed by atoms with Gasteiger partial charge in [-0.3, -0.25) is 4.79 Å². The van der Waals surface area contributed by atoms with Gasteiger partial charge in [0.15, 0.2) is 0 Å². The van der Waals surface area contributed by atoms with Crippen molar-refractivity contribution < 1.29 is 14.6 Å². The average molecular weight is 262 g/mol. The van der Waals surface area contributed by atoms with Gasteiger partial charge in [0.05, 0.1) is 18.4 Å². The molecule has 19 heavy (non-hydrogen) atoms. The molecular formula is C14H18N2O3. The molecule has 0 saturated heterocycles. The molecule has 0 aliphatic carbocycles. The highest BCUT2D eigenvalue weighted by molar-refractivity contribution is 5.67. The number of nitrogens with zero attached hydrogens (tertiary/aromatic N) is 1. The molecule has 0 spiro atoms. The average Bonchev–Trinajstić information content (AvgIpc) is 2.36. The van der Waals surface area contributed by atoms with Gasteiger partial charge < -0.3 is 15.2 Å². The Morgan fingerprint density at radius 2 is 2.21 bits per heavy atom. The monoisotopic (exact) mass is 262 g/mol. The molecule has 0 saturated carbocycles. The smallest absolute Gasteiger partial charge is 0.303 e. The Balaban J connectivity index is 2.90. The molecule has 5 heteroatoms. The van der Waals surface area contributed by atoms with Crippen LogP contribution in [0.5, 0.6) is 5.75 Å². The quantitative estimate of drug-likeness (QED) is 0.823. The summed E-state index contributed by atoms with van der Waals surface area (Å²) >= 11 is 0. The van der Waals surface area contributed by atoms with E-state index in [0.29, 0.717) is 23.4 Å². The van der Waals surface area contributed by atoms with Crippen molar-refractivity contribution in [3.8, 4) is 11.8 Å². The number of methoxy groups -OCH3 is 1. The largest absolute Gasteiger partial charge is 0.497 e. The summed E-state index contributed by atoms with van der Waals surface area (Å²) in [6.07, 6.45) is 0.538. The van der Waals surface area contributed by atoms with Crippen LogP contribution in [0.4, 0.5) is 5.69 Å². The van der Waals surface area contributed by atoms with Crippen molar-refractivity contribution in [3.05, 3.63) is 23.8 Å². The van der Waals surface area contributed by atoms with Gasteiger partial charge in [0.2, 0.25) is 0 Å². The number of ether oxygens (including phenoxy) is 1. The molecule has 0 bridgehead atoms. The van der Waals surface area contributed by atoms with Crippen molar-refractivity contribution in [3.63, 3.8) is 0 Å². The van der Waals surface area contributed by atoms with E-state index in [1.165, 1.54) is 0 Å². The maximum Gasteiger partial charge on any atom is 0.303 e. The predicted molar refractivity (Wildman–Crippen MR) is 72.3 cm³/mol. The van der Waals surface area contributed by atoms with Gasteiger partial charge >= 0.3 is 5.97 Å². The Kier molecular flexibility index (Phi) is 4.76. The highest BCUT2D eigenvalue weighted by atomic mass is 16.5. The molecule has 0 radical (unpaired) electrons. The Hall–Kier alpha value is -2.22. The number of carboxylic acids is 1. The molecule has 102 valence electrons. The fourth-order valence-corrected chi connectivity index (χ4v) is 1.70. The van der Waals surface area contributed by atoms with Crippen molar-refractivity contribution in [2.24, 2.45) is 0 Å². The summed E-state index contributed by atoms with van der Waals surface area (Å²) < 4.78 is 5.12. The number of carboxylic acid groups (broad SMARTS) is 1. The van der Waals surface area contributed by atoms with E-state index in [4.69, 9.17) is 15.1 Å². The van der Waals surface area contributed by atoms with E-state index in [0.717, 1.165) is 0 Å². The van der Waals surface area contributed by atoms with Gasteiger partial charge in [0.1, 0.15) is 11.8 Å². The highest BCUT2D eigenvalue weighted by Gasteiger charge is 2.20. The van der Waals surface area contributed by atoms with Crippen LogP contribution in [0.2, 0.25) is 0 Å². The third kappa shape index (κ3) is 4.51. The first kappa shape index (κ1) is 14.8. The van der Waals surface area contributed by atoms with Crippen molar-refractivity contribution in [1.82, 2.24) is 0 Å². The second kappa shape index (κ2) is 6.10. The normalized spacial score (nSPS) is 10.6. The van der Waals surface area contributed by atoms with Gasteiger partial charge in [-0.05, 0) is 32.4 Å². The van der Waals surface area contributed by atoms with Gasteiger partial charge in [-0.1, -0.05) is 0 Å². The van der Waals surface area contributed by atoms with Crippen LogP contribution < -0.4 is 10.1 Å². The van der Waals surface area contributed by atoms with Crippen molar-refractivity contribution in [1.29, 1.82) is 5.26 Å². The molecule has 1 aromatic rings. The van der Waals surface area contributed by atoms with Crippen LogP contribution in [0.1, 0.15) is 32.3 Å². The second-order valence-corrected chi connectivity index (χ2v) is 4.93. The molecule has 0 unspecified atom stereocenters. The Morgan fingerprint density at radius 1 is 1.53 bits per heavy atom. The third-order valence-corrected chi connectivity index (χ3v) is 2.78. The zero-order valence-corrected chi connectivity index (χ0v) is 11.4. The predicted octanol–water partition coefficient (Wildman–Crippen LogP) is 2.62. The summed E-state index contributed by atoms with van der Waals surface area (Å²) in [7, 11) is 1.56. The topological polar surface area (TPSA) is 82.3 Å². The lowest BCUT2D eigenvalue weighted by atomic mass is 9.97. The number of nitriles is 1. The lowest BCUT2D eigenvalue weighted by Crippen LogP contribution is -2.31. The fourth-order valence-electron chi connectivity index (χ4n) is 1.70. The standard InChI is InChI=1S/C14H18N2O3/c1-14(2,7-6-13(17)18)16-12-8-11(19-3)5-4-10(12)9-15/h4-5,8,16H,6-7H2,1-3H3,(H,17,18). The van der Waals surface area contributed by atoms with Crippen molar-refractivity contribution in [2.45, 2.75) is 32.2 Å². The fraction of sp³-hybridized carbons (Fsp3) is 0.429. The zero-order chi connectivity index (χ0) is 14.5. The first-order chi connectivity index (χ1) is 8.88. The molecule has 0 heterocycles. The van der Waals surface area contributed by atoms with Crippen molar-refractivity contribution in [2.75, 3.05) is 12.4 Å². The summed E-state index contributed by atoms with van der Waals surface area (Å²) in [5.74, 6) is -0.184. The molecule has 1 aromatic carbocycles. The number of aliphatic carboxylic acids is 1. The van der Waals surface area contributed by atoms with Gasteiger partial charge in [-0.15, -0.1) is 0 Å². The lowest BCUT2D eigenvalue weighted by Gasteiger charge is -2.27. The van der Waals surface area contributed by atoms with Crippen LogP contribution in [0, 0.1) is 11.3 Å². The molecule has 2 N–H and O–H groups in total. The minimum absolute atomic E-state index is 0.0753. The summed E-state index contributed by atoms with van der Waals surface area (Å²) in [4.78, 5) is 10.6. The summed E-state index contributed by atoms with van der Waals surface area (Å²) in [5.41, 5.74) is 0.734. The molecule has 0 atom stereocenters. The van der Waals surface area contributed by atoms with Gasteiger partial charge in [0, 0.05) is 18.0 Å². The molecule has 0 fully saturated rings. The molecular weight excluding hydrogens is 244 g/mol. The summed E-state index contributed by atoms with van der Waals surface area (Å²) in [5, 5.41) is 21.0. The van der Waals surface area contributed by atoms with Crippen LogP contribution >= 0.6 is 0 Å². The third-order valence-electron chi connectivity index (χ3n) is 2.78.